The first-order valence-corrected chi connectivity index (χ1v) is 8.36. The molecule has 1 amide bonds. The van der Waals surface area contributed by atoms with E-state index in [2.05, 4.69) is 43.6 Å². The van der Waals surface area contributed by atoms with Gasteiger partial charge in [0.2, 0.25) is 0 Å². The molecule has 8 nitrogen and oxygen atoms in total. The highest BCUT2D eigenvalue weighted by molar-refractivity contribution is 6.36. The van der Waals surface area contributed by atoms with Gasteiger partial charge in [-0.25, -0.2) is 9.59 Å². The number of piperidine rings is 1. The van der Waals surface area contributed by atoms with Gasteiger partial charge < -0.3 is 26.2 Å². The van der Waals surface area contributed by atoms with Gasteiger partial charge in [0, 0.05) is 22.8 Å². The average Bonchev–Trinajstić information content (AvgIpc) is 2.43. The fraction of sp³-hybridized carbons (Fsp3) is 0.500. The molecule has 0 bridgehead atoms. The van der Waals surface area contributed by atoms with Crippen LogP contribution in [0.3, 0.4) is 0 Å². The van der Waals surface area contributed by atoms with E-state index in [0.717, 1.165) is 12.8 Å². The maximum Gasteiger partial charge on any atom is 0.394 e. The van der Waals surface area contributed by atoms with E-state index in [1.165, 1.54) is 12.1 Å². The lowest BCUT2D eigenvalue weighted by Crippen LogP contribution is -2.60. The van der Waals surface area contributed by atoms with Gasteiger partial charge >= 0.3 is 17.8 Å². The Balaban J connectivity index is 2.26. The summed E-state index contributed by atoms with van der Waals surface area (Å²) in [4.78, 5) is 33.5. The van der Waals surface area contributed by atoms with E-state index in [9.17, 15) is 19.5 Å². The second-order valence-corrected chi connectivity index (χ2v) is 7.97. The molecule has 0 saturated carbocycles. The Labute approximate surface area is 152 Å². The number of carbonyl (C=O) groups is 3. The van der Waals surface area contributed by atoms with Crippen molar-refractivity contribution in [2.45, 2.75) is 57.7 Å². The summed E-state index contributed by atoms with van der Waals surface area (Å²) in [5, 5.41) is 27.1. The molecule has 1 aliphatic heterocycles. The molecule has 1 fully saturated rings. The number of rotatable bonds is 4. The van der Waals surface area contributed by atoms with Crippen molar-refractivity contribution in [3.8, 4) is 0 Å². The lowest BCUT2D eigenvalue weighted by atomic mass is 9.79. The largest absolute Gasteiger partial charge is 0.478 e. The molecule has 0 spiro atoms. The second kappa shape index (κ2) is 6.95. The van der Waals surface area contributed by atoms with Crippen molar-refractivity contribution < 1.29 is 24.6 Å². The van der Waals surface area contributed by atoms with E-state index in [1.807, 2.05) is 0 Å². The highest BCUT2D eigenvalue weighted by atomic mass is 16.4. The Hall–Kier alpha value is -2.61. The molecule has 142 valence electrons. The Morgan fingerprint density at radius 3 is 2.15 bits per heavy atom. The predicted octanol–water partition coefficient (Wildman–Crippen LogP) is 2.13. The monoisotopic (exact) mass is 363 g/mol. The minimum atomic E-state index is -1.68. The molecule has 26 heavy (non-hydrogen) atoms. The van der Waals surface area contributed by atoms with Gasteiger partial charge in [0.05, 0.1) is 11.3 Å². The summed E-state index contributed by atoms with van der Waals surface area (Å²) in [6.45, 7) is 8.48. The summed E-state index contributed by atoms with van der Waals surface area (Å²) in [5.41, 5.74) is 0.259. The molecule has 0 aliphatic carbocycles. The van der Waals surface area contributed by atoms with Crippen LogP contribution in [0.2, 0.25) is 0 Å². The Kier molecular flexibility index (Phi) is 5.27. The summed E-state index contributed by atoms with van der Waals surface area (Å²) >= 11 is 0. The minimum Gasteiger partial charge on any atom is -0.478 e. The van der Waals surface area contributed by atoms with E-state index in [4.69, 9.17) is 5.11 Å². The van der Waals surface area contributed by atoms with Crippen LogP contribution in [0.25, 0.3) is 0 Å². The zero-order chi connectivity index (χ0) is 19.7. The normalized spacial score (nSPS) is 18.8. The van der Waals surface area contributed by atoms with Crippen LogP contribution in [-0.2, 0) is 9.59 Å². The van der Waals surface area contributed by atoms with Crippen LogP contribution in [-0.4, -0.2) is 45.2 Å². The zero-order valence-electron chi connectivity index (χ0n) is 15.3. The molecule has 1 aromatic carbocycles. The van der Waals surface area contributed by atoms with Crippen LogP contribution >= 0.6 is 0 Å². The van der Waals surface area contributed by atoms with Crippen molar-refractivity contribution in [2.75, 3.05) is 10.6 Å². The summed E-state index contributed by atoms with van der Waals surface area (Å²) < 4.78 is 0. The van der Waals surface area contributed by atoms with E-state index < -0.39 is 17.8 Å². The number of hydrogen-bond donors (Lipinski definition) is 5. The Morgan fingerprint density at radius 2 is 1.65 bits per heavy atom. The lowest BCUT2D eigenvalue weighted by molar-refractivity contribution is -0.147. The topological polar surface area (TPSA) is 128 Å². The Morgan fingerprint density at radius 1 is 1.08 bits per heavy atom. The predicted molar refractivity (Wildman–Crippen MR) is 97.6 cm³/mol. The minimum absolute atomic E-state index is 0.0534. The number of benzene rings is 1. The molecule has 1 heterocycles. The van der Waals surface area contributed by atoms with Crippen molar-refractivity contribution >= 4 is 29.2 Å². The van der Waals surface area contributed by atoms with Crippen molar-refractivity contribution in [2.24, 2.45) is 0 Å². The molecule has 1 aromatic rings. The van der Waals surface area contributed by atoms with E-state index >= 15 is 0 Å². The summed E-state index contributed by atoms with van der Waals surface area (Å²) in [7, 11) is 0. The third-order valence-electron chi connectivity index (χ3n) is 4.25. The summed E-state index contributed by atoms with van der Waals surface area (Å²) in [5.74, 6) is -4.21. The van der Waals surface area contributed by atoms with E-state index in [0.29, 0.717) is 5.69 Å². The Bertz CT molecular complexity index is 726. The van der Waals surface area contributed by atoms with Crippen LogP contribution in [0.5, 0.6) is 0 Å². The number of amides is 1. The van der Waals surface area contributed by atoms with Crippen molar-refractivity contribution in [3.63, 3.8) is 0 Å². The molecule has 0 unspecified atom stereocenters. The molecule has 0 aromatic heterocycles. The average molecular weight is 363 g/mol. The molecule has 1 aliphatic rings. The molecule has 8 heteroatoms. The van der Waals surface area contributed by atoms with Crippen LogP contribution in [0.15, 0.2) is 18.2 Å². The zero-order valence-corrected chi connectivity index (χ0v) is 15.3. The number of aliphatic carboxylic acids is 1. The van der Waals surface area contributed by atoms with Gasteiger partial charge in [0.15, 0.2) is 0 Å². The second-order valence-electron chi connectivity index (χ2n) is 7.97. The number of aromatic carboxylic acids is 1. The van der Waals surface area contributed by atoms with Gasteiger partial charge in [-0.2, -0.15) is 0 Å². The molecule has 5 N–H and O–H groups in total. The fourth-order valence-corrected chi connectivity index (χ4v) is 3.76. The van der Waals surface area contributed by atoms with Crippen molar-refractivity contribution in [1.82, 2.24) is 5.32 Å². The SMILES string of the molecule is CC1(C)CC(Nc2ccc(C(=O)O)c(NC(=O)C(=O)O)c2)CC(C)(C)N1. The summed E-state index contributed by atoms with van der Waals surface area (Å²) in [6, 6.07) is 4.55. The van der Waals surface area contributed by atoms with Crippen LogP contribution in [0.1, 0.15) is 50.9 Å². The number of anilines is 2. The van der Waals surface area contributed by atoms with Crippen molar-refractivity contribution in [1.29, 1.82) is 0 Å². The maximum absolute atomic E-state index is 11.4. The number of hydrogen-bond acceptors (Lipinski definition) is 5. The first-order valence-electron chi connectivity index (χ1n) is 8.36. The summed E-state index contributed by atoms with van der Waals surface area (Å²) in [6.07, 6.45) is 1.71. The number of carboxylic acids is 2. The first-order chi connectivity index (χ1) is 11.9. The molecule has 2 rings (SSSR count). The van der Waals surface area contributed by atoms with E-state index in [-0.39, 0.29) is 28.4 Å². The lowest BCUT2D eigenvalue weighted by Gasteiger charge is -2.47. The van der Waals surface area contributed by atoms with Crippen LogP contribution in [0, 0.1) is 0 Å². The quantitative estimate of drug-likeness (QED) is 0.518. The molecular weight excluding hydrogens is 338 g/mol. The number of nitrogens with one attached hydrogen (secondary N) is 3. The van der Waals surface area contributed by atoms with Gasteiger partial charge in [-0.05, 0) is 58.7 Å². The van der Waals surface area contributed by atoms with Gasteiger partial charge in [0.25, 0.3) is 0 Å². The molecular formula is C18H25N3O5. The first kappa shape index (κ1) is 19.7. The van der Waals surface area contributed by atoms with Gasteiger partial charge in [0.1, 0.15) is 0 Å². The van der Waals surface area contributed by atoms with Gasteiger partial charge in [-0.1, -0.05) is 0 Å². The third-order valence-corrected chi connectivity index (χ3v) is 4.25. The van der Waals surface area contributed by atoms with Crippen molar-refractivity contribution in [3.05, 3.63) is 23.8 Å². The van der Waals surface area contributed by atoms with Crippen LogP contribution in [0.4, 0.5) is 11.4 Å². The molecule has 0 atom stereocenters. The number of carboxylic acid groups (broad SMARTS) is 2. The highest BCUT2D eigenvalue weighted by Gasteiger charge is 2.37. The maximum atomic E-state index is 11.4. The van der Waals surface area contributed by atoms with Gasteiger partial charge in [-0.3, -0.25) is 4.79 Å². The fourth-order valence-electron chi connectivity index (χ4n) is 3.76. The molecule has 1 saturated heterocycles. The molecule has 0 radical (unpaired) electrons. The smallest absolute Gasteiger partial charge is 0.394 e. The highest BCUT2D eigenvalue weighted by Crippen LogP contribution is 2.31. The standard InChI is InChI=1S/C18H25N3O5/c1-17(2)8-11(9-18(3,4)21-17)19-10-5-6-12(15(23)24)13(7-10)20-14(22)16(25)26/h5-7,11,19,21H,8-9H2,1-4H3,(H,20,22)(H,23,24)(H,25,26). The van der Waals surface area contributed by atoms with Crippen LogP contribution < -0.4 is 16.0 Å². The number of carbonyl (C=O) groups excluding carboxylic acids is 1. The third kappa shape index (κ3) is 4.95. The van der Waals surface area contributed by atoms with E-state index in [1.54, 1.807) is 6.07 Å². The van der Waals surface area contributed by atoms with Gasteiger partial charge in [-0.15, -0.1) is 0 Å².